The van der Waals surface area contributed by atoms with Crippen molar-refractivity contribution in [1.29, 1.82) is 0 Å². The summed E-state index contributed by atoms with van der Waals surface area (Å²) in [6.45, 7) is 8.11. The highest BCUT2D eigenvalue weighted by Crippen LogP contribution is 2.25. The number of hydrogen-bond donors (Lipinski definition) is 3. The quantitative estimate of drug-likeness (QED) is 0.0725. The molecule has 13 nitrogen and oxygen atoms in total. The SMILES string of the molecule is C=COOOOOOOOOCCCCCCCCCCCC(C)C.O=P(O)(O)O. The van der Waals surface area contributed by atoms with Gasteiger partial charge in [0.2, 0.25) is 0 Å². The van der Waals surface area contributed by atoms with Crippen LogP contribution in [0.25, 0.3) is 0 Å². The van der Waals surface area contributed by atoms with Gasteiger partial charge in [-0.3, -0.25) is 0 Å². The molecule has 0 aliphatic carbocycles. The minimum atomic E-state index is -4.64. The van der Waals surface area contributed by atoms with E-state index in [4.69, 9.17) is 19.2 Å². The lowest BCUT2D eigenvalue weighted by Crippen LogP contribution is -2.02. The van der Waals surface area contributed by atoms with Gasteiger partial charge in [-0.1, -0.05) is 78.2 Å². The first-order valence-corrected chi connectivity index (χ1v) is 11.2. The van der Waals surface area contributed by atoms with Crippen LogP contribution in [-0.4, -0.2) is 21.3 Å². The lowest BCUT2D eigenvalue weighted by molar-refractivity contribution is -0.829. The fourth-order valence-electron chi connectivity index (χ4n) is 2.11. The molecule has 0 radical (unpaired) electrons. The molecule has 0 bridgehead atoms. The zero-order valence-corrected chi connectivity index (χ0v) is 18.4. The van der Waals surface area contributed by atoms with Crippen LogP contribution in [0.2, 0.25) is 0 Å². The molecule has 0 fully saturated rings. The van der Waals surface area contributed by atoms with Gasteiger partial charge in [0, 0.05) is 20.2 Å². The monoisotopic (exact) mass is 466 g/mol. The average Bonchev–Trinajstić information content (AvgIpc) is 2.65. The highest BCUT2D eigenvalue weighted by molar-refractivity contribution is 7.45. The van der Waals surface area contributed by atoms with Crippen molar-refractivity contribution in [2.45, 2.75) is 78.1 Å². The summed E-state index contributed by atoms with van der Waals surface area (Å²) in [5.41, 5.74) is 0. The Morgan fingerprint density at radius 3 is 1.60 bits per heavy atom. The number of rotatable bonds is 21. The molecule has 30 heavy (non-hydrogen) atoms. The van der Waals surface area contributed by atoms with E-state index in [1.54, 1.807) is 0 Å². The summed E-state index contributed by atoms with van der Waals surface area (Å²) in [4.78, 5) is 30.3. The fraction of sp³-hybridized carbons (Fsp3) is 0.875. The Kier molecular flexibility index (Phi) is 25.8. The topological polar surface area (TPSA) is 161 Å². The van der Waals surface area contributed by atoms with Crippen LogP contribution in [-0.2, 0) is 49.6 Å². The van der Waals surface area contributed by atoms with Gasteiger partial charge in [0.25, 0.3) is 0 Å². The molecule has 0 aromatic heterocycles. The van der Waals surface area contributed by atoms with Crippen molar-refractivity contribution < 1.29 is 64.3 Å². The van der Waals surface area contributed by atoms with Gasteiger partial charge in [-0.15, -0.1) is 0 Å². The van der Waals surface area contributed by atoms with Crippen LogP contribution in [0.15, 0.2) is 12.8 Å². The maximum absolute atomic E-state index is 8.88. The van der Waals surface area contributed by atoms with Gasteiger partial charge in [-0.05, 0) is 27.5 Å². The Morgan fingerprint density at radius 1 is 0.733 bits per heavy atom. The van der Waals surface area contributed by atoms with E-state index in [2.05, 4.69) is 65.5 Å². The molecule has 182 valence electrons. The largest absolute Gasteiger partial charge is 0.466 e. The predicted octanol–water partition coefficient (Wildman–Crippen LogP) is 4.23. The van der Waals surface area contributed by atoms with Crippen molar-refractivity contribution in [3.05, 3.63) is 12.8 Å². The second-order valence-corrected chi connectivity index (χ2v) is 7.47. The van der Waals surface area contributed by atoms with Crippen LogP contribution in [0.3, 0.4) is 0 Å². The predicted molar refractivity (Wildman–Crippen MR) is 100 cm³/mol. The van der Waals surface area contributed by atoms with Crippen molar-refractivity contribution in [1.82, 2.24) is 0 Å². The normalized spacial score (nSPS) is 11.3. The van der Waals surface area contributed by atoms with Crippen LogP contribution in [0.1, 0.15) is 78.1 Å². The Bertz CT molecular complexity index is 383. The van der Waals surface area contributed by atoms with Gasteiger partial charge in [0.05, 0.1) is 6.61 Å². The van der Waals surface area contributed by atoms with Crippen molar-refractivity contribution >= 4 is 7.82 Å². The van der Waals surface area contributed by atoms with Gasteiger partial charge in [0.1, 0.15) is 6.26 Å². The molecule has 0 unspecified atom stereocenters. The molecule has 0 saturated heterocycles. The zero-order valence-electron chi connectivity index (χ0n) is 17.5. The highest BCUT2D eigenvalue weighted by atomic mass is 31.2. The average molecular weight is 466 g/mol. The lowest BCUT2D eigenvalue weighted by atomic mass is 10.0. The molecule has 14 heteroatoms. The van der Waals surface area contributed by atoms with E-state index in [0.29, 0.717) is 6.61 Å². The highest BCUT2D eigenvalue weighted by Gasteiger charge is 2.00. The first-order chi connectivity index (χ1) is 14.3. The lowest BCUT2D eigenvalue weighted by Gasteiger charge is -2.04. The fourth-order valence-corrected chi connectivity index (χ4v) is 2.11. The van der Waals surface area contributed by atoms with Crippen LogP contribution in [0.5, 0.6) is 0 Å². The molecule has 0 heterocycles. The van der Waals surface area contributed by atoms with Gasteiger partial charge in [0.15, 0.2) is 0 Å². The van der Waals surface area contributed by atoms with Crippen LogP contribution < -0.4 is 0 Å². The zero-order chi connectivity index (χ0) is 22.9. The maximum atomic E-state index is 8.88. The summed E-state index contributed by atoms with van der Waals surface area (Å²) >= 11 is 0. The van der Waals surface area contributed by atoms with Crippen LogP contribution in [0.4, 0.5) is 0 Å². The second-order valence-electron chi connectivity index (χ2n) is 6.44. The third kappa shape index (κ3) is 41.6. The standard InChI is InChI=1S/C16H32O9.H3O4P/c1-4-17-19-21-23-25-24-22-20-18-15-13-11-9-7-5-6-8-10-12-14-16(2)3;1-5(2,3)4/h4,16H,1,5-15H2,2-3H3;(H3,1,2,3,4). The van der Waals surface area contributed by atoms with Gasteiger partial charge >= 0.3 is 7.82 Å². The van der Waals surface area contributed by atoms with Crippen LogP contribution >= 0.6 is 7.82 Å². The number of hydrogen-bond acceptors (Lipinski definition) is 10. The first-order valence-electron chi connectivity index (χ1n) is 9.61. The van der Waals surface area contributed by atoms with Crippen molar-refractivity contribution in [3.8, 4) is 0 Å². The number of phosphoric acid groups is 1. The van der Waals surface area contributed by atoms with Gasteiger partial charge in [-0.2, -0.15) is 0 Å². The molecule has 0 aliphatic heterocycles. The summed E-state index contributed by atoms with van der Waals surface area (Å²) in [7, 11) is -4.64. The molecule has 0 aliphatic rings. The van der Waals surface area contributed by atoms with E-state index in [9.17, 15) is 0 Å². The van der Waals surface area contributed by atoms with Crippen molar-refractivity contribution in [3.63, 3.8) is 0 Å². The van der Waals surface area contributed by atoms with E-state index in [1.807, 2.05) is 0 Å². The van der Waals surface area contributed by atoms with E-state index in [1.165, 1.54) is 51.4 Å². The third-order valence-corrected chi connectivity index (χ3v) is 3.33. The maximum Gasteiger partial charge on any atom is 0.466 e. The minimum absolute atomic E-state index is 0.381. The van der Waals surface area contributed by atoms with E-state index < -0.39 is 7.82 Å². The molecular formula is C16H35O13P. The smallest absolute Gasteiger partial charge is 0.315 e. The summed E-state index contributed by atoms with van der Waals surface area (Å²) in [6.07, 6.45) is 13.4. The van der Waals surface area contributed by atoms with E-state index in [0.717, 1.165) is 25.0 Å². The Balaban J connectivity index is 0. The first kappa shape index (κ1) is 31.5. The van der Waals surface area contributed by atoms with E-state index in [-0.39, 0.29) is 0 Å². The summed E-state index contributed by atoms with van der Waals surface area (Å²) in [5, 5.41) is 27.3. The van der Waals surface area contributed by atoms with Crippen LogP contribution in [0, 0.1) is 5.92 Å². The molecule has 3 N–H and O–H groups in total. The van der Waals surface area contributed by atoms with Crippen molar-refractivity contribution in [2.24, 2.45) is 5.92 Å². The molecule has 0 saturated carbocycles. The number of unbranched alkanes of at least 4 members (excludes halogenated alkanes) is 8. The Morgan fingerprint density at radius 2 is 1.13 bits per heavy atom. The van der Waals surface area contributed by atoms with Gasteiger partial charge < -0.3 is 19.6 Å². The molecule has 0 rings (SSSR count). The minimum Gasteiger partial charge on any atom is -0.315 e. The Hall–Kier alpha value is -0.670. The van der Waals surface area contributed by atoms with Gasteiger partial charge in [-0.25, -0.2) is 9.45 Å². The molecule has 0 aromatic carbocycles. The molecular weight excluding hydrogens is 431 g/mol. The molecule has 0 amide bonds. The summed E-state index contributed by atoms with van der Waals surface area (Å²) in [5.74, 6) is 0.829. The summed E-state index contributed by atoms with van der Waals surface area (Å²) in [6, 6.07) is 0. The van der Waals surface area contributed by atoms with Crippen molar-refractivity contribution in [2.75, 3.05) is 6.61 Å². The molecule has 0 aromatic rings. The van der Waals surface area contributed by atoms with E-state index >= 15 is 0 Å². The second kappa shape index (κ2) is 24.6. The summed E-state index contributed by atoms with van der Waals surface area (Å²) < 4.78 is 8.88. The Labute approximate surface area is 176 Å². The molecule has 0 atom stereocenters. The molecule has 0 spiro atoms. The third-order valence-electron chi connectivity index (χ3n) is 3.33.